The van der Waals surface area contributed by atoms with Crippen LogP contribution in [0.5, 0.6) is 11.5 Å². The highest BCUT2D eigenvalue weighted by Gasteiger charge is 2.06. The third kappa shape index (κ3) is 6.63. The molecule has 0 bridgehead atoms. The second kappa shape index (κ2) is 10.3. The average molecular weight is 357 g/mol. The number of hydrogen-bond donors (Lipinski definition) is 2. The summed E-state index contributed by atoms with van der Waals surface area (Å²) in [5.74, 6) is 2.78. The van der Waals surface area contributed by atoms with Gasteiger partial charge in [-0.05, 0) is 48.7 Å². The number of anilines is 1. The number of methoxy groups -OCH3 is 1. The Bertz CT molecular complexity index is 670. The van der Waals surface area contributed by atoms with Crippen molar-refractivity contribution >= 4 is 11.7 Å². The van der Waals surface area contributed by atoms with Crippen molar-refractivity contribution in [3.05, 3.63) is 48.2 Å². The van der Waals surface area contributed by atoms with E-state index in [-0.39, 0.29) is 5.91 Å². The first-order valence-corrected chi connectivity index (χ1v) is 8.83. The minimum absolute atomic E-state index is 0.162. The summed E-state index contributed by atoms with van der Waals surface area (Å²) in [6.07, 6.45) is 2.66. The van der Waals surface area contributed by atoms with Gasteiger partial charge in [0.05, 0.1) is 19.2 Å². The molecular formula is C20H27N3O3. The lowest BCUT2D eigenvalue weighted by molar-refractivity contribution is 0.0946. The van der Waals surface area contributed by atoms with Crippen LogP contribution in [-0.2, 0) is 0 Å². The third-order valence-corrected chi connectivity index (χ3v) is 3.77. The van der Waals surface area contributed by atoms with E-state index in [2.05, 4.69) is 29.5 Å². The first-order valence-electron chi connectivity index (χ1n) is 8.83. The Balaban J connectivity index is 1.70. The minimum Gasteiger partial charge on any atom is -0.497 e. The third-order valence-electron chi connectivity index (χ3n) is 3.77. The maximum Gasteiger partial charge on any atom is 0.252 e. The molecule has 1 aromatic carbocycles. The molecule has 2 rings (SSSR count). The normalized spacial score (nSPS) is 10.5. The number of amides is 1. The fourth-order valence-corrected chi connectivity index (χ4v) is 2.23. The van der Waals surface area contributed by atoms with Gasteiger partial charge in [0, 0.05) is 12.7 Å². The number of carbonyl (C=O) groups excluding carboxylic acids is 1. The molecule has 1 aromatic heterocycles. The zero-order valence-electron chi connectivity index (χ0n) is 15.6. The van der Waals surface area contributed by atoms with E-state index in [1.165, 1.54) is 0 Å². The average Bonchev–Trinajstić information content (AvgIpc) is 2.66. The maximum atomic E-state index is 12.1. The number of ether oxygens (including phenoxy) is 2. The number of nitrogens with zero attached hydrogens (tertiary/aromatic N) is 1. The Morgan fingerprint density at radius 2 is 1.81 bits per heavy atom. The molecular weight excluding hydrogens is 330 g/mol. The van der Waals surface area contributed by atoms with Crippen molar-refractivity contribution in [3.8, 4) is 11.5 Å². The summed E-state index contributed by atoms with van der Waals surface area (Å²) in [5.41, 5.74) is 0.531. The van der Waals surface area contributed by atoms with Gasteiger partial charge in [0.25, 0.3) is 5.91 Å². The van der Waals surface area contributed by atoms with Crippen molar-refractivity contribution in [2.45, 2.75) is 20.3 Å². The summed E-state index contributed by atoms with van der Waals surface area (Å²) in [6.45, 7) is 6.04. The molecule has 1 heterocycles. The van der Waals surface area contributed by atoms with Crippen LogP contribution in [-0.4, -0.2) is 37.7 Å². The van der Waals surface area contributed by atoms with Crippen molar-refractivity contribution in [3.63, 3.8) is 0 Å². The van der Waals surface area contributed by atoms with E-state index in [0.29, 0.717) is 24.6 Å². The smallest absolute Gasteiger partial charge is 0.252 e. The second-order valence-electron chi connectivity index (χ2n) is 6.32. The molecule has 2 aromatic rings. The van der Waals surface area contributed by atoms with E-state index in [1.54, 1.807) is 19.4 Å². The Labute approximate surface area is 154 Å². The van der Waals surface area contributed by atoms with E-state index in [0.717, 1.165) is 30.3 Å². The maximum absolute atomic E-state index is 12.1. The van der Waals surface area contributed by atoms with Crippen molar-refractivity contribution in [1.29, 1.82) is 0 Å². The molecule has 6 heteroatoms. The van der Waals surface area contributed by atoms with E-state index < -0.39 is 0 Å². The summed E-state index contributed by atoms with van der Waals surface area (Å²) in [6, 6.07) is 10.9. The van der Waals surface area contributed by atoms with E-state index in [4.69, 9.17) is 9.47 Å². The monoisotopic (exact) mass is 357 g/mol. The van der Waals surface area contributed by atoms with Gasteiger partial charge in [0.15, 0.2) is 0 Å². The Morgan fingerprint density at radius 1 is 1.08 bits per heavy atom. The quantitative estimate of drug-likeness (QED) is 0.638. The number of rotatable bonds is 10. The Kier molecular flexibility index (Phi) is 7.74. The van der Waals surface area contributed by atoms with Gasteiger partial charge < -0.3 is 20.1 Å². The topological polar surface area (TPSA) is 72.5 Å². The first-order chi connectivity index (χ1) is 12.6. The van der Waals surface area contributed by atoms with E-state index in [9.17, 15) is 4.79 Å². The number of nitrogens with one attached hydrogen (secondary N) is 2. The molecule has 0 aliphatic carbocycles. The summed E-state index contributed by atoms with van der Waals surface area (Å²) < 4.78 is 10.7. The second-order valence-corrected chi connectivity index (χ2v) is 6.32. The number of benzene rings is 1. The zero-order chi connectivity index (χ0) is 18.8. The molecule has 0 radical (unpaired) electrons. The van der Waals surface area contributed by atoms with Crippen LogP contribution in [0.1, 0.15) is 30.6 Å². The molecule has 0 atom stereocenters. The van der Waals surface area contributed by atoms with Crippen LogP contribution in [0, 0.1) is 5.92 Å². The molecule has 0 unspecified atom stereocenters. The van der Waals surface area contributed by atoms with Crippen molar-refractivity contribution in [2.75, 3.05) is 32.1 Å². The lowest BCUT2D eigenvalue weighted by atomic mass is 10.1. The van der Waals surface area contributed by atoms with Crippen LogP contribution in [0.4, 0.5) is 5.82 Å². The largest absolute Gasteiger partial charge is 0.497 e. The standard InChI is InChI=1S/C20H27N3O3/c1-15(2)10-11-21-19-9-4-16(14-23-19)20(24)22-12-13-26-18-7-5-17(25-3)6-8-18/h4-9,14-15H,10-13H2,1-3H3,(H,21,23)(H,22,24). The highest BCUT2D eigenvalue weighted by Crippen LogP contribution is 2.16. The fraction of sp³-hybridized carbons (Fsp3) is 0.400. The summed E-state index contributed by atoms with van der Waals surface area (Å²) in [5, 5.41) is 6.07. The van der Waals surface area contributed by atoms with Gasteiger partial charge in [-0.3, -0.25) is 4.79 Å². The molecule has 0 fully saturated rings. The van der Waals surface area contributed by atoms with Crippen molar-refractivity contribution in [2.24, 2.45) is 5.92 Å². The molecule has 0 saturated heterocycles. The summed E-state index contributed by atoms with van der Waals surface area (Å²) in [4.78, 5) is 16.4. The van der Waals surface area contributed by atoms with E-state index >= 15 is 0 Å². The molecule has 140 valence electrons. The first kappa shape index (κ1) is 19.6. The lowest BCUT2D eigenvalue weighted by Crippen LogP contribution is -2.28. The van der Waals surface area contributed by atoms with Crippen LogP contribution in [0.15, 0.2) is 42.6 Å². The molecule has 0 spiro atoms. The SMILES string of the molecule is COc1ccc(OCCNC(=O)c2ccc(NCCC(C)C)nc2)cc1. The van der Waals surface area contributed by atoms with Gasteiger partial charge in [0.2, 0.25) is 0 Å². The van der Waals surface area contributed by atoms with Crippen LogP contribution in [0.3, 0.4) is 0 Å². The predicted molar refractivity (Wildman–Crippen MR) is 103 cm³/mol. The van der Waals surface area contributed by atoms with Gasteiger partial charge in [-0.25, -0.2) is 4.98 Å². The van der Waals surface area contributed by atoms with Crippen molar-refractivity contribution < 1.29 is 14.3 Å². The molecule has 0 aliphatic rings. The summed E-state index contributed by atoms with van der Waals surface area (Å²) >= 11 is 0. The number of carbonyl (C=O) groups is 1. The zero-order valence-corrected chi connectivity index (χ0v) is 15.6. The molecule has 6 nitrogen and oxygen atoms in total. The Hall–Kier alpha value is -2.76. The van der Waals surface area contributed by atoms with Crippen LogP contribution >= 0.6 is 0 Å². The van der Waals surface area contributed by atoms with Gasteiger partial charge in [0.1, 0.15) is 23.9 Å². The van der Waals surface area contributed by atoms with Gasteiger partial charge in [-0.1, -0.05) is 13.8 Å². The highest BCUT2D eigenvalue weighted by atomic mass is 16.5. The Morgan fingerprint density at radius 3 is 2.42 bits per heavy atom. The number of hydrogen-bond acceptors (Lipinski definition) is 5. The lowest BCUT2D eigenvalue weighted by Gasteiger charge is -2.09. The molecule has 0 saturated carbocycles. The predicted octanol–water partition coefficient (Wildman–Crippen LogP) is 3.36. The number of aromatic nitrogens is 1. The fourth-order valence-electron chi connectivity index (χ4n) is 2.23. The van der Waals surface area contributed by atoms with Crippen molar-refractivity contribution in [1.82, 2.24) is 10.3 Å². The molecule has 26 heavy (non-hydrogen) atoms. The molecule has 1 amide bonds. The van der Waals surface area contributed by atoms with Crippen LogP contribution < -0.4 is 20.1 Å². The van der Waals surface area contributed by atoms with E-state index in [1.807, 2.05) is 30.3 Å². The number of pyridine rings is 1. The van der Waals surface area contributed by atoms with Gasteiger partial charge in [-0.2, -0.15) is 0 Å². The van der Waals surface area contributed by atoms with Gasteiger partial charge >= 0.3 is 0 Å². The van der Waals surface area contributed by atoms with Crippen LogP contribution in [0.2, 0.25) is 0 Å². The molecule has 2 N–H and O–H groups in total. The van der Waals surface area contributed by atoms with Gasteiger partial charge in [-0.15, -0.1) is 0 Å². The molecule has 0 aliphatic heterocycles. The van der Waals surface area contributed by atoms with Crippen LogP contribution in [0.25, 0.3) is 0 Å². The summed E-state index contributed by atoms with van der Waals surface area (Å²) in [7, 11) is 1.62. The highest BCUT2D eigenvalue weighted by molar-refractivity contribution is 5.94. The minimum atomic E-state index is -0.162.